The first-order valence-corrected chi connectivity index (χ1v) is 7.75. The van der Waals surface area contributed by atoms with E-state index in [0.29, 0.717) is 6.04 Å². The van der Waals surface area contributed by atoms with Crippen LogP contribution in [0.1, 0.15) is 24.0 Å². The minimum absolute atomic E-state index is 0.665. The number of hydrogen-bond donors (Lipinski definition) is 1. The van der Waals surface area contributed by atoms with Crippen molar-refractivity contribution in [2.75, 3.05) is 25.5 Å². The van der Waals surface area contributed by atoms with Crippen LogP contribution in [0.2, 0.25) is 0 Å². The second-order valence-electron chi connectivity index (χ2n) is 4.96. The van der Waals surface area contributed by atoms with E-state index in [2.05, 4.69) is 37.4 Å². The SMILES string of the molecule is Cc1ccc(C)c(SCCNC2CCOCC2)c1. The first-order chi connectivity index (χ1) is 8.75. The van der Waals surface area contributed by atoms with Crippen molar-refractivity contribution in [1.29, 1.82) is 0 Å². The van der Waals surface area contributed by atoms with E-state index in [4.69, 9.17) is 4.74 Å². The topological polar surface area (TPSA) is 21.3 Å². The lowest BCUT2D eigenvalue weighted by Crippen LogP contribution is -2.35. The van der Waals surface area contributed by atoms with Crippen molar-refractivity contribution < 1.29 is 4.74 Å². The molecular weight excluding hydrogens is 242 g/mol. The van der Waals surface area contributed by atoms with Gasteiger partial charge in [-0.2, -0.15) is 0 Å². The van der Waals surface area contributed by atoms with Crippen LogP contribution in [-0.2, 0) is 4.74 Å². The van der Waals surface area contributed by atoms with Crippen LogP contribution in [0.4, 0.5) is 0 Å². The molecule has 0 aromatic heterocycles. The molecule has 1 aromatic carbocycles. The number of aryl methyl sites for hydroxylation is 2. The van der Waals surface area contributed by atoms with Crippen molar-refractivity contribution >= 4 is 11.8 Å². The summed E-state index contributed by atoms with van der Waals surface area (Å²) in [5, 5.41) is 3.63. The summed E-state index contributed by atoms with van der Waals surface area (Å²) >= 11 is 1.96. The number of hydrogen-bond acceptors (Lipinski definition) is 3. The van der Waals surface area contributed by atoms with Crippen LogP contribution in [0.5, 0.6) is 0 Å². The van der Waals surface area contributed by atoms with Gasteiger partial charge < -0.3 is 10.1 Å². The van der Waals surface area contributed by atoms with Gasteiger partial charge >= 0.3 is 0 Å². The fraction of sp³-hybridized carbons (Fsp3) is 0.600. The number of thioether (sulfide) groups is 1. The van der Waals surface area contributed by atoms with Crippen molar-refractivity contribution in [2.24, 2.45) is 0 Å². The predicted molar refractivity (Wildman–Crippen MR) is 78.5 cm³/mol. The maximum absolute atomic E-state index is 5.36. The summed E-state index contributed by atoms with van der Waals surface area (Å²) in [6.45, 7) is 7.27. The zero-order valence-corrected chi connectivity index (χ0v) is 12.2. The van der Waals surface area contributed by atoms with Crippen LogP contribution < -0.4 is 5.32 Å². The van der Waals surface area contributed by atoms with Gasteiger partial charge in [-0.3, -0.25) is 0 Å². The fourth-order valence-corrected chi connectivity index (χ4v) is 3.19. The molecule has 0 saturated carbocycles. The maximum Gasteiger partial charge on any atom is 0.0480 e. The van der Waals surface area contributed by atoms with E-state index in [-0.39, 0.29) is 0 Å². The summed E-state index contributed by atoms with van der Waals surface area (Å²) in [4.78, 5) is 1.42. The van der Waals surface area contributed by atoms with E-state index in [0.717, 1.165) is 38.4 Å². The van der Waals surface area contributed by atoms with Crippen LogP contribution in [0.3, 0.4) is 0 Å². The van der Waals surface area contributed by atoms with E-state index in [1.54, 1.807) is 0 Å². The highest BCUT2D eigenvalue weighted by Gasteiger charge is 2.12. The molecule has 3 heteroatoms. The molecule has 1 heterocycles. The summed E-state index contributed by atoms with van der Waals surface area (Å²) in [5.74, 6) is 1.14. The Kier molecular flexibility index (Phi) is 5.54. The zero-order chi connectivity index (χ0) is 12.8. The minimum atomic E-state index is 0.665. The van der Waals surface area contributed by atoms with Crippen molar-refractivity contribution in [2.45, 2.75) is 37.6 Å². The van der Waals surface area contributed by atoms with Crippen LogP contribution in [0, 0.1) is 13.8 Å². The second-order valence-corrected chi connectivity index (χ2v) is 6.09. The zero-order valence-electron chi connectivity index (χ0n) is 11.4. The minimum Gasteiger partial charge on any atom is -0.381 e. The Labute approximate surface area is 114 Å². The van der Waals surface area contributed by atoms with Gasteiger partial charge in [0.15, 0.2) is 0 Å². The van der Waals surface area contributed by atoms with Crippen molar-refractivity contribution in [3.8, 4) is 0 Å². The molecule has 0 bridgehead atoms. The highest BCUT2D eigenvalue weighted by molar-refractivity contribution is 7.99. The molecule has 0 atom stereocenters. The van der Waals surface area contributed by atoms with Gasteiger partial charge in [0.25, 0.3) is 0 Å². The van der Waals surface area contributed by atoms with Gasteiger partial charge in [-0.05, 0) is 38.3 Å². The molecule has 1 aliphatic rings. The number of benzene rings is 1. The second kappa shape index (κ2) is 7.17. The third-order valence-electron chi connectivity index (χ3n) is 3.36. The molecule has 0 unspecified atom stereocenters. The largest absolute Gasteiger partial charge is 0.381 e. The number of ether oxygens (including phenoxy) is 1. The Bertz CT molecular complexity index is 375. The molecule has 1 aromatic rings. The summed E-state index contributed by atoms with van der Waals surface area (Å²) in [7, 11) is 0. The molecule has 100 valence electrons. The molecule has 2 nitrogen and oxygen atoms in total. The summed E-state index contributed by atoms with van der Waals surface area (Å²) in [6.07, 6.45) is 2.32. The van der Waals surface area contributed by atoms with Gasteiger partial charge in [-0.1, -0.05) is 17.7 Å². The lowest BCUT2D eigenvalue weighted by Gasteiger charge is -2.23. The molecule has 2 rings (SSSR count). The molecule has 0 aliphatic carbocycles. The third-order valence-corrected chi connectivity index (χ3v) is 4.52. The molecule has 1 saturated heterocycles. The molecular formula is C15H23NOS. The fourth-order valence-electron chi connectivity index (χ4n) is 2.19. The van der Waals surface area contributed by atoms with E-state index in [9.17, 15) is 0 Å². The Hall–Kier alpha value is -0.510. The quantitative estimate of drug-likeness (QED) is 0.653. The Morgan fingerprint density at radius 3 is 2.83 bits per heavy atom. The Morgan fingerprint density at radius 2 is 2.06 bits per heavy atom. The first-order valence-electron chi connectivity index (χ1n) is 6.77. The van der Waals surface area contributed by atoms with Gasteiger partial charge in [-0.25, -0.2) is 0 Å². The Morgan fingerprint density at radius 1 is 1.28 bits per heavy atom. The molecule has 1 N–H and O–H groups in total. The smallest absolute Gasteiger partial charge is 0.0480 e. The van der Waals surface area contributed by atoms with Crippen LogP contribution in [0.25, 0.3) is 0 Å². The number of nitrogens with one attached hydrogen (secondary N) is 1. The summed E-state index contributed by atoms with van der Waals surface area (Å²) in [6, 6.07) is 7.34. The van der Waals surface area contributed by atoms with Crippen molar-refractivity contribution in [3.63, 3.8) is 0 Å². The Balaban J connectivity index is 1.69. The summed E-state index contributed by atoms with van der Waals surface area (Å²) < 4.78 is 5.36. The van der Waals surface area contributed by atoms with E-state index in [1.807, 2.05) is 11.8 Å². The van der Waals surface area contributed by atoms with E-state index in [1.165, 1.54) is 16.0 Å². The number of rotatable bonds is 5. The molecule has 0 amide bonds. The van der Waals surface area contributed by atoms with Crippen LogP contribution in [-0.4, -0.2) is 31.6 Å². The highest BCUT2D eigenvalue weighted by atomic mass is 32.2. The lowest BCUT2D eigenvalue weighted by molar-refractivity contribution is 0.0786. The molecule has 0 spiro atoms. The molecule has 18 heavy (non-hydrogen) atoms. The van der Waals surface area contributed by atoms with E-state index >= 15 is 0 Å². The third kappa shape index (κ3) is 4.30. The highest BCUT2D eigenvalue weighted by Crippen LogP contribution is 2.23. The lowest BCUT2D eigenvalue weighted by atomic mass is 10.1. The van der Waals surface area contributed by atoms with Crippen LogP contribution in [0.15, 0.2) is 23.1 Å². The maximum atomic E-state index is 5.36. The standard InChI is InChI=1S/C15H23NOS/c1-12-3-4-13(2)15(11-12)18-10-7-16-14-5-8-17-9-6-14/h3-4,11,14,16H,5-10H2,1-2H3. The van der Waals surface area contributed by atoms with Crippen molar-refractivity contribution in [3.05, 3.63) is 29.3 Å². The monoisotopic (exact) mass is 265 g/mol. The molecule has 0 radical (unpaired) electrons. The molecule has 1 aliphatic heterocycles. The normalized spacial score (nSPS) is 17.0. The van der Waals surface area contributed by atoms with Gasteiger partial charge in [0.2, 0.25) is 0 Å². The van der Waals surface area contributed by atoms with Gasteiger partial charge in [0.1, 0.15) is 0 Å². The average molecular weight is 265 g/mol. The van der Waals surface area contributed by atoms with Gasteiger partial charge in [0.05, 0.1) is 0 Å². The van der Waals surface area contributed by atoms with E-state index < -0.39 is 0 Å². The molecule has 1 fully saturated rings. The van der Waals surface area contributed by atoms with Crippen molar-refractivity contribution in [1.82, 2.24) is 5.32 Å². The van der Waals surface area contributed by atoms with Crippen LogP contribution >= 0.6 is 11.8 Å². The first kappa shape index (κ1) is 13.9. The van der Waals surface area contributed by atoms with Gasteiger partial charge in [0, 0.05) is 36.4 Å². The average Bonchev–Trinajstić information content (AvgIpc) is 2.40. The van der Waals surface area contributed by atoms with Gasteiger partial charge in [-0.15, -0.1) is 11.8 Å². The predicted octanol–water partition coefficient (Wildman–Crippen LogP) is 3.16. The summed E-state index contributed by atoms with van der Waals surface area (Å²) in [5.41, 5.74) is 2.73.